The summed E-state index contributed by atoms with van der Waals surface area (Å²) in [5.41, 5.74) is 2.39. The van der Waals surface area contributed by atoms with Crippen LogP contribution in [0.2, 0.25) is 0 Å². The first-order valence-corrected chi connectivity index (χ1v) is 8.16. The largest absolute Gasteiger partial charge is 0.325 e. The number of nitrogens with one attached hydrogen (secondary N) is 2. The normalized spacial score (nSPS) is 13.7. The predicted octanol–water partition coefficient (Wildman–Crippen LogP) is 3.27. The van der Waals surface area contributed by atoms with Gasteiger partial charge in [0, 0.05) is 23.4 Å². The molecule has 0 atom stereocenters. The lowest BCUT2D eigenvalue weighted by Crippen LogP contribution is -2.27. The molecule has 1 aromatic carbocycles. The summed E-state index contributed by atoms with van der Waals surface area (Å²) in [6.45, 7) is 4.19. The van der Waals surface area contributed by atoms with Gasteiger partial charge < -0.3 is 10.3 Å². The molecule has 2 N–H and O–H groups in total. The smallest absolute Gasteiger partial charge is 0.261 e. The van der Waals surface area contributed by atoms with Crippen molar-refractivity contribution in [1.29, 1.82) is 0 Å². The molecule has 1 heterocycles. The number of aromatic nitrogens is 1. The Hall–Kier alpha value is -2.69. The molecule has 0 radical (unpaired) electrons. The molecular formula is C19H20N2O3. The summed E-state index contributed by atoms with van der Waals surface area (Å²) >= 11 is 0. The summed E-state index contributed by atoms with van der Waals surface area (Å²) in [4.78, 5) is 39.2. The van der Waals surface area contributed by atoms with E-state index in [0.717, 1.165) is 6.42 Å². The van der Waals surface area contributed by atoms with Crippen molar-refractivity contribution in [3.63, 3.8) is 0 Å². The Bertz CT molecular complexity index is 848. The number of aromatic amines is 1. The number of H-pyrrole nitrogens is 1. The van der Waals surface area contributed by atoms with Crippen molar-refractivity contribution in [2.75, 3.05) is 5.32 Å². The summed E-state index contributed by atoms with van der Waals surface area (Å²) in [5, 5.41) is 2.72. The van der Waals surface area contributed by atoms with Crippen LogP contribution >= 0.6 is 0 Å². The molecule has 1 aliphatic rings. The van der Waals surface area contributed by atoms with Gasteiger partial charge in [-0.2, -0.15) is 0 Å². The third-order valence-corrected chi connectivity index (χ3v) is 4.33. The second-order valence-electron chi connectivity index (χ2n) is 6.41. The van der Waals surface area contributed by atoms with Crippen LogP contribution in [0.4, 0.5) is 5.69 Å². The van der Waals surface area contributed by atoms with E-state index in [1.807, 2.05) is 24.3 Å². The Morgan fingerprint density at radius 1 is 1.12 bits per heavy atom. The van der Waals surface area contributed by atoms with Crippen molar-refractivity contribution < 1.29 is 9.59 Å². The SMILES string of the molecule is CC(C)c1ccc(NC(=O)c2cc3c([nH]c2=O)CCCC3=O)cc1. The number of hydrogen-bond acceptors (Lipinski definition) is 3. The molecule has 0 saturated carbocycles. The number of benzene rings is 1. The first kappa shape index (κ1) is 16.2. The number of pyridine rings is 1. The molecule has 1 aliphatic carbocycles. The van der Waals surface area contributed by atoms with Crippen LogP contribution in [-0.2, 0) is 6.42 Å². The van der Waals surface area contributed by atoms with Crippen molar-refractivity contribution in [1.82, 2.24) is 4.98 Å². The minimum atomic E-state index is -0.505. The maximum atomic E-state index is 12.4. The second-order valence-corrected chi connectivity index (χ2v) is 6.41. The fraction of sp³-hybridized carbons (Fsp3) is 0.316. The van der Waals surface area contributed by atoms with Gasteiger partial charge in [0.15, 0.2) is 5.78 Å². The lowest BCUT2D eigenvalue weighted by molar-refractivity contribution is 0.0971. The fourth-order valence-electron chi connectivity index (χ4n) is 2.89. The third-order valence-electron chi connectivity index (χ3n) is 4.33. The lowest BCUT2D eigenvalue weighted by atomic mass is 9.93. The van der Waals surface area contributed by atoms with E-state index in [2.05, 4.69) is 24.1 Å². The monoisotopic (exact) mass is 324 g/mol. The van der Waals surface area contributed by atoms with Gasteiger partial charge in [-0.3, -0.25) is 14.4 Å². The molecule has 3 rings (SSSR count). The zero-order valence-electron chi connectivity index (χ0n) is 13.8. The van der Waals surface area contributed by atoms with Crippen molar-refractivity contribution in [3.05, 3.63) is 63.1 Å². The van der Waals surface area contributed by atoms with Crippen LogP contribution in [0.25, 0.3) is 0 Å². The van der Waals surface area contributed by atoms with Gasteiger partial charge in [0.25, 0.3) is 11.5 Å². The molecular weight excluding hydrogens is 304 g/mol. The standard InChI is InChI=1S/C19H20N2O3/c1-11(2)12-6-8-13(9-7-12)20-18(23)15-10-14-16(21-19(15)24)4-3-5-17(14)22/h6-11H,3-5H2,1-2H3,(H,20,23)(H,21,24). The Balaban J connectivity index is 1.86. The fourth-order valence-corrected chi connectivity index (χ4v) is 2.89. The third kappa shape index (κ3) is 3.15. The Morgan fingerprint density at radius 3 is 2.50 bits per heavy atom. The molecule has 0 saturated heterocycles. The van der Waals surface area contributed by atoms with Crippen LogP contribution in [0.3, 0.4) is 0 Å². The lowest BCUT2D eigenvalue weighted by Gasteiger charge is -2.15. The number of amides is 1. The van der Waals surface area contributed by atoms with Crippen molar-refractivity contribution in [2.24, 2.45) is 0 Å². The summed E-state index contributed by atoms with van der Waals surface area (Å²) in [6.07, 6.45) is 1.85. The highest BCUT2D eigenvalue weighted by molar-refractivity contribution is 6.06. The Morgan fingerprint density at radius 2 is 1.83 bits per heavy atom. The number of ketones is 1. The van der Waals surface area contributed by atoms with Gasteiger partial charge in [-0.1, -0.05) is 26.0 Å². The van der Waals surface area contributed by atoms with E-state index in [1.165, 1.54) is 11.6 Å². The van der Waals surface area contributed by atoms with Gasteiger partial charge in [0.1, 0.15) is 5.56 Å². The number of hydrogen-bond donors (Lipinski definition) is 2. The van der Waals surface area contributed by atoms with Gasteiger partial charge in [-0.25, -0.2) is 0 Å². The maximum Gasteiger partial charge on any atom is 0.261 e. The number of rotatable bonds is 3. The zero-order valence-corrected chi connectivity index (χ0v) is 13.8. The highest BCUT2D eigenvalue weighted by Gasteiger charge is 2.22. The van der Waals surface area contributed by atoms with E-state index in [9.17, 15) is 14.4 Å². The molecule has 1 amide bonds. The maximum absolute atomic E-state index is 12.4. The molecule has 5 nitrogen and oxygen atoms in total. The molecule has 1 aromatic heterocycles. The zero-order chi connectivity index (χ0) is 17.3. The van der Waals surface area contributed by atoms with Crippen molar-refractivity contribution in [2.45, 2.75) is 39.0 Å². The predicted molar refractivity (Wildman–Crippen MR) is 92.8 cm³/mol. The van der Waals surface area contributed by atoms with E-state index in [0.29, 0.717) is 35.7 Å². The van der Waals surface area contributed by atoms with Gasteiger partial charge in [-0.15, -0.1) is 0 Å². The highest BCUT2D eigenvalue weighted by Crippen LogP contribution is 2.20. The summed E-state index contributed by atoms with van der Waals surface area (Å²) in [5.74, 6) is -0.123. The molecule has 2 aromatic rings. The molecule has 5 heteroatoms. The summed E-state index contributed by atoms with van der Waals surface area (Å²) in [6, 6.07) is 8.94. The first-order chi connectivity index (χ1) is 11.5. The summed E-state index contributed by atoms with van der Waals surface area (Å²) in [7, 11) is 0. The van der Waals surface area contributed by atoms with Gasteiger partial charge in [0.2, 0.25) is 0 Å². The second kappa shape index (κ2) is 6.43. The number of carbonyl (C=O) groups excluding carboxylic acids is 2. The average molecular weight is 324 g/mol. The Labute approximate surface area is 140 Å². The topological polar surface area (TPSA) is 79.0 Å². The number of aryl methyl sites for hydroxylation is 1. The van der Waals surface area contributed by atoms with Crippen LogP contribution < -0.4 is 10.9 Å². The highest BCUT2D eigenvalue weighted by atomic mass is 16.2. The van der Waals surface area contributed by atoms with Crippen LogP contribution in [0, 0.1) is 0 Å². The quantitative estimate of drug-likeness (QED) is 0.909. The van der Waals surface area contributed by atoms with Gasteiger partial charge in [0.05, 0.1) is 0 Å². The molecule has 0 spiro atoms. The van der Waals surface area contributed by atoms with E-state index < -0.39 is 11.5 Å². The van der Waals surface area contributed by atoms with E-state index >= 15 is 0 Å². The Kier molecular flexibility index (Phi) is 4.34. The van der Waals surface area contributed by atoms with Crippen LogP contribution in [0.15, 0.2) is 35.1 Å². The molecule has 0 fully saturated rings. The van der Waals surface area contributed by atoms with E-state index in [1.54, 1.807) is 0 Å². The van der Waals surface area contributed by atoms with Crippen molar-refractivity contribution in [3.8, 4) is 0 Å². The molecule has 0 aliphatic heterocycles. The van der Waals surface area contributed by atoms with Gasteiger partial charge >= 0.3 is 0 Å². The number of carbonyl (C=O) groups is 2. The number of Topliss-reactive ketones (excluding diaryl/α,β-unsaturated/α-hetero) is 1. The number of anilines is 1. The minimum absolute atomic E-state index is 0.0252. The average Bonchev–Trinajstić information content (AvgIpc) is 2.55. The first-order valence-electron chi connectivity index (χ1n) is 8.16. The molecule has 0 unspecified atom stereocenters. The van der Waals surface area contributed by atoms with Crippen LogP contribution in [0.5, 0.6) is 0 Å². The van der Waals surface area contributed by atoms with Crippen LogP contribution in [0.1, 0.15) is 64.6 Å². The molecule has 24 heavy (non-hydrogen) atoms. The van der Waals surface area contributed by atoms with Gasteiger partial charge in [-0.05, 0) is 42.5 Å². The number of fused-ring (bicyclic) bond motifs is 1. The van der Waals surface area contributed by atoms with Crippen LogP contribution in [-0.4, -0.2) is 16.7 Å². The molecule has 124 valence electrons. The summed E-state index contributed by atoms with van der Waals surface area (Å²) < 4.78 is 0. The van der Waals surface area contributed by atoms with E-state index in [-0.39, 0.29) is 11.3 Å². The van der Waals surface area contributed by atoms with E-state index in [4.69, 9.17) is 0 Å². The molecule has 0 bridgehead atoms. The van der Waals surface area contributed by atoms with Crippen molar-refractivity contribution >= 4 is 17.4 Å². The minimum Gasteiger partial charge on any atom is -0.325 e.